The number of hydrogen-bond acceptors (Lipinski definition) is 10. The van der Waals surface area contributed by atoms with Crippen molar-refractivity contribution in [3.8, 4) is 22.9 Å². The first-order chi connectivity index (χ1) is 16.2. The molecule has 0 aliphatic carbocycles. The molecule has 11 heteroatoms. The minimum absolute atomic E-state index is 0.0780. The summed E-state index contributed by atoms with van der Waals surface area (Å²) in [7, 11) is 0. The van der Waals surface area contributed by atoms with Gasteiger partial charge in [-0.2, -0.15) is 5.26 Å². The Bertz CT molecular complexity index is 1140. The highest BCUT2D eigenvalue weighted by Gasteiger charge is 2.47. The minimum Gasteiger partial charge on any atom is -0.474 e. The van der Waals surface area contributed by atoms with E-state index in [4.69, 9.17) is 24.2 Å². The highest BCUT2D eigenvalue weighted by Crippen LogP contribution is 2.35. The maximum absolute atomic E-state index is 14.1. The molecule has 4 atom stereocenters. The Hall–Kier alpha value is -3.65. The largest absolute Gasteiger partial charge is 0.474 e. The average Bonchev–Trinajstić information content (AvgIpc) is 2.77. The van der Waals surface area contributed by atoms with Crippen molar-refractivity contribution in [3.05, 3.63) is 48.0 Å². The molecular weight excluding hydrogens is 467 g/mol. The van der Waals surface area contributed by atoms with E-state index >= 15 is 0 Å². The molecule has 0 radical (unpaired) electrons. The van der Waals surface area contributed by atoms with Crippen LogP contribution in [-0.4, -0.2) is 52.4 Å². The first-order valence-corrected chi connectivity index (χ1v) is 11.2. The summed E-state index contributed by atoms with van der Waals surface area (Å²) in [5.41, 5.74) is 0.107. The second kappa shape index (κ2) is 11.0. The fourth-order valence-electron chi connectivity index (χ4n) is 3.37. The Balaban J connectivity index is 1.88. The summed E-state index contributed by atoms with van der Waals surface area (Å²) >= 11 is 1.21. The number of aromatic nitrogens is 1. The van der Waals surface area contributed by atoms with Crippen LogP contribution in [-0.2, 0) is 28.6 Å². The summed E-state index contributed by atoms with van der Waals surface area (Å²) < 4.78 is 36.1. The van der Waals surface area contributed by atoms with E-state index in [0.717, 1.165) is 0 Å². The van der Waals surface area contributed by atoms with Gasteiger partial charge in [0.05, 0.1) is 11.8 Å². The van der Waals surface area contributed by atoms with Gasteiger partial charge in [-0.15, -0.1) is 11.8 Å². The minimum atomic E-state index is -1.08. The second-order valence-electron chi connectivity index (χ2n) is 7.33. The highest BCUT2D eigenvalue weighted by atomic mass is 32.2. The fourth-order valence-corrected chi connectivity index (χ4v) is 4.59. The van der Waals surface area contributed by atoms with Crippen LogP contribution in [0.25, 0.3) is 11.1 Å². The maximum atomic E-state index is 14.1. The molecule has 0 unspecified atom stereocenters. The quantitative estimate of drug-likeness (QED) is 0.442. The summed E-state index contributed by atoms with van der Waals surface area (Å²) in [5, 5.41) is 8.92. The van der Waals surface area contributed by atoms with Crippen molar-refractivity contribution in [1.29, 1.82) is 5.26 Å². The third kappa shape index (κ3) is 6.23. The summed E-state index contributed by atoms with van der Waals surface area (Å²) in [6, 6.07) is 7.54. The van der Waals surface area contributed by atoms with Gasteiger partial charge in [0.2, 0.25) is 0 Å². The number of carbonyl (C=O) groups excluding carboxylic acids is 3. The molecule has 1 aliphatic rings. The predicted molar refractivity (Wildman–Crippen MR) is 118 cm³/mol. The third-order valence-corrected chi connectivity index (χ3v) is 5.91. The number of hydrogen-bond donors (Lipinski definition) is 0. The van der Waals surface area contributed by atoms with Crippen LogP contribution in [0, 0.1) is 17.1 Å². The lowest BCUT2D eigenvalue weighted by molar-refractivity contribution is -0.186. The Kier molecular flexibility index (Phi) is 8.07. The Morgan fingerprint density at radius 1 is 1.00 bits per heavy atom. The average molecular weight is 488 g/mol. The molecule has 0 saturated carbocycles. The van der Waals surface area contributed by atoms with Crippen LogP contribution in [0.4, 0.5) is 4.39 Å². The Morgan fingerprint density at radius 2 is 1.68 bits per heavy atom. The number of pyridine rings is 1. The number of thioether (sulfide) groups is 1. The molecule has 34 heavy (non-hydrogen) atoms. The van der Waals surface area contributed by atoms with E-state index in [-0.39, 0.29) is 17.1 Å². The number of ether oxygens (including phenoxy) is 4. The molecule has 1 saturated heterocycles. The molecule has 3 rings (SSSR count). The molecule has 1 fully saturated rings. The summed E-state index contributed by atoms with van der Waals surface area (Å²) in [5.74, 6) is -2.02. The normalized spacial score (nSPS) is 21.6. The highest BCUT2D eigenvalue weighted by molar-refractivity contribution is 7.99. The van der Waals surface area contributed by atoms with Crippen LogP contribution in [0.2, 0.25) is 0 Å². The number of carbonyl (C=O) groups is 3. The zero-order valence-electron chi connectivity index (χ0n) is 18.5. The Morgan fingerprint density at radius 3 is 2.29 bits per heavy atom. The summed E-state index contributed by atoms with van der Waals surface area (Å²) in [6.07, 6.45) is -0.0835. The van der Waals surface area contributed by atoms with Crippen molar-refractivity contribution in [2.45, 2.75) is 44.5 Å². The molecule has 0 bridgehead atoms. The van der Waals surface area contributed by atoms with Gasteiger partial charge in [0, 0.05) is 38.3 Å². The number of benzene rings is 1. The molecule has 0 spiro atoms. The maximum Gasteiger partial charge on any atom is 0.303 e. The van der Waals surface area contributed by atoms with E-state index in [2.05, 4.69) is 4.98 Å². The van der Waals surface area contributed by atoms with Crippen LogP contribution in [0.5, 0.6) is 5.75 Å². The topological polar surface area (TPSA) is 125 Å². The molecule has 178 valence electrons. The number of nitrogens with zero attached hydrogens (tertiary/aromatic N) is 2. The van der Waals surface area contributed by atoms with Crippen molar-refractivity contribution in [2.75, 3.05) is 5.75 Å². The van der Waals surface area contributed by atoms with Gasteiger partial charge in [-0.1, -0.05) is 6.07 Å². The smallest absolute Gasteiger partial charge is 0.303 e. The third-order valence-electron chi connectivity index (χ3n) is 4.69. The number of rotatable bonds is 6. The van der Waals surface area contributed by atoms with E-state index in [9.17, 15) is 18.8 Å². The standard InChI is InChI=1S/C23H21FN2O7S/c1-12(27)30-20-11-34-23(22(32-14(3)29)21(20)31-13(2)28)33-18-6-17(9-26-10-18)15-4-5-16(8-25)19(24)7-15/h4-7,9-10,20-23H,11H2,1-3H3/t20-,21+,22-,23+/m1/s1. The molecule has 1 aromatic heterocycles. The van der Waals surface area contributed by atoms with Crippen molar-refractivity contribution in [2.24, 2.45) is 0 Å². The van der Waals surface area contributed by atoms with Crippen molar-refractivity contribution < 1.29 is 37.7 Å². The SMILES string of the molecule is CC(=O)O[C@@H]1[C@@H](OC(C)=O)[C@@H](Oc2cncc(-c3ccc(C#N)c(F)c3)c2)SC[C@H]1OC(C)=O. The molecular formula is C23H21FN2O7S. The lowest BCUT2D eigenvalue weighted by Gasteiger charge is -2.39. The zero-order chi connectivity index (χ0) is 24.8. The van der Waals surface area contributed by atoms with Gasteiger partial charge in [0.25, 0.3) is 0 Å². The van der Waals surface area contributed by atoms with E-state index in [1.165, 1.54) is 57.1 Å². The monoisotopic (exact) mass is 488 g/mol. The summed E-state index contributed by atoms with van der Waals surface area (Å²) in [4.78, 5) is 39.1. The van der Waals surface area contributed by atoms with Gasteiger partial charge >= 0.3 is 17.9 Å². The lowest BCUT2D eigenvalue weighted by Crippen LogP contribution is -2.55. The van der Waals surface area contributed by atoms with E-state index in [1.807, 2.05) is 0 Å². The van der Waals surface area contributed by atoms with Gasteiger partial charge in [-0.05, 0) is 23.8 Å². The van der Waals surface area contributed by atoms with Gasteiger partial charge < -0.3 is 18.9 Å². The van der Waals surface area contributed by atoms with Gasteiger partial charge in [0.1, 0.15) is 17.6 Å². The first kappa shape index (κ1) is 25.0. The van der Waals surface area contributed by atoms with Crippen LogP contribution < -0.4 is 4.74 Å². The second-order valence-corrected chi connectivity index (χ2v) is 8.46. The van der Waals surface area contributed by atoms with E-state index < -0.39 is 47.5 Å². The number of esters is 3. The molecule has 1 aliphatic heterocycles. The van der Waals surface area contributed by atoms with Gasteiger partial charge in [-0.3, -0.25) is 19.4 Å². The van der Waals surface area contributed by atoms with Crippen LogP contribution in [0.15, 0.2) is 36.7 Å². The molecule has 2 aromatic rings. The van der Waals surface area contributed by atoms with Crippen LogP contribution >= 0.6 is 11.8 Å². The van der Waals surface area contributed by atoms with Crippen molar-refractivity contribution in [3.63, 3.8) is 0 Å². The van der Waals surface area contributed by atoms with E-state index in [1.54, 1.807) is 18.2 Å². The molecule has 0 N–H and O–H groups in total. The van der Waals surface area contributed by atoms with E-state index in [0.29, 0.717) is 11.1 Å². The van der Waals surface area contributed by atoms with Crippen LogP contribution in [0.1, 0.15) is 26.3 Å². The molecule has 1 aromatic carbocycles. The van der Waals surface area contributed by atoms with Crippen molar-refractivity contribution >= 4 is 29.7 Å². The van der Waals surface area contributed by atoms with Crippen LogP contribution in [0.3, 0.4) is 0 Å². The van der Waals surface area contributed by atoms with Gasteiger partial charge in [0.15, 0.2) is 23.7 Å². The summed E-state index contributed by atoms with van der Waals surface area (Å²) in [6.45, 7) is 3.61. The molecule has 0 amide bonds. The predicted octanol–water partition coefficient (Wildman–Crippen LogP) is 3.01. The Labute approximate surface area is 199 Å². The number of halogens is 1. The number of nitriles is 1. The lowest BCUT2D eigenvalue weighted by atomic mass is 10.1. The molecule has 9 nitrogen and oxygen atoms in total. The van der Waals surface area contributed by atoms with Gasteiger partial charge in [-0.25, -0.2) is 4.39 Å². The van der Waals surface area contributed by atoms with Crippen molar-refractivity contribution in [1.82, 2.24) is 4.98 Å². The molecule has 2 heterocycles. The first-order valence-electron chi connectivity index (χ1n) is 10.1. The fraction of sp³-hybridized carbons (Fsp3) is 0.348. The zero-order valence-corrected chi connectivity index (χ0v) is 19.3.